The third-order valence-corrected chi connectivity index (χ3v) is 12.3. The summed E-state index contributed by atoms with van der Waals surface area (Å²) in [5.74, 6) is 0. The van der Waals surface area contributed by atoms with Gasteiger partial charge >= 0.3 is 0 Å². The third kappa shape index (κ3) is 4.79. The zero-order valence-electron chi connectivity index (χ0n) is 32.2. The third-order valence-electron chi connectivity index (χ3n) is 12.3. The van der Waals surface area contributed by atoms with Crippen LogP contribution in [0.4, 0.5) is 17.1 Å². The van der Waals surface area contributed by atoms with Crippen LogP contribution < -0.4 is 4.90 Å². The fourth-order valence-corrected chi connectivity index (χ4v) is 9.57. The minimum absolute atomic E-state index is 0.837. The van der Waals surface area contributed by atoms with Crippen molar-refractivity contribution in [2.75, 3.05) is 4.90 Å². The van der Waals surface area contributed by atoms with Gasteiger partial charge < -0.3 is 18.2 Å². The van der Waals surface area contributed by atoms with Crippen LogP contribution in [0.3, 0.4) is 0 Å². The smallest absolute Gasteiger partial charge is 0.143 e. The van der Waals surface area contributed by atoms with E-state index in [1.807, 2.05) is 12.1 Å². The van der Waals surface area contributed by atoms with Crippen molar-refractivity contribution in [2.45, 2.75) is 0 Å². The van der Waals surface area contributed by atoms with Crippen LogP contribution in [0.5, 0.6) is 0 Å². The Morgan fingerprint density at radius 2 is 0.800 bits per heavy atom. The number of anilines is 3. The fraction of sp³-hybridized carbons (Fsp3) is 0. The second-order valence-corrected chi connectivity index (χ2v) is 15.5. The van der Waals surface area contributed by atoms with E-state index in [0.717, 1.165) is 127 Å². The summed E-state index contributed by atoms with van der Waals surface area (Å²) in [5, 5.41) is 11.1. The molecule has 0 fully saturated rings. The molecule has 0 aliphatic rings. The first kappa shape index (κ1) is 32.9. The summed E-state index contributed by atoms with van der Waals surface area (Å²) in [5.41, 5.74) is 12.7. The molecule has 0 saturated carbocycles. The molecule has 0 saturated heterocycles. The Morgan fingerprint density at radius 1 is 0.283 bits per heavy atom. The summed E-state index contributed by atoms with van der Waals surface area (Å²) in [6, 6.07) is 70.7. The molecule has 0 aliphatic carbocycles. The van der Waals surface area contributed by atoms with Crippen LogP contribution in [0.15, 0.2) is 213 Å². The van der Waals surface area contributed by atoms with Crippen LogP contribution >= 0.6 is 0 Å². The van der Waals surface area contributed by atoms with Crippen molar-refractivity contribution in [3.63, 3.8) is 0 Å². The number of nitrogens with zero attached hydrogens (tertiary/aromatic N) is 1. The summed E-state index contributed by atoms with van der Waals surface area (Å²) < 4.78 is 20.0. The Balaban J connectivity index is 1.06. The van der Waals surface area contributed by atoms with Crippen LogP contribution in [0.1, 0.15) is 0 Å². The molecule has 13 rings (SSSR count). The zero-order valence-corrected chi connectivity index (χ0v) is 32.2. The van der Waals surface area contributed by atoms with E-state index < -0.39 is 0 Å². The highest BCUT2D eigenvalue weighted by atomic mass is 16.3. The molecule has 3 aromatic heterocycles. The minimum atomic E-state index is 0.837. The summed E-state index contributed by atoms with van der Waals surface area (Å²) in [6.45, 7) is 0. The van der Waals surface area contributed by atoms with E-state index in [-0.39, 0.29) is 0 Å². The molecule has 4 heteroatoms. The highest BCUT2D eigenvalue weighted by Gasteiger charge is 2.25. The molecule has 0 unspecified atom stereocenters. The Kier molecular flexibility index (Phi) is 6.98. The molecule has 0 bridgehead atoms. The monoisotopic (exact) mass is 767 g/mol. The van der Waals surface area contributed by atoms with E-state index in [0.29, 0.717) is 0 Å². The van der Waals surface area contributed by atoms with Gasteiger partial charge in [0.2, 0.25) is 0 Å². The van der Waals surface area contributed by atoms with Gasteiger partial charge in [0.1, 0.15) is 33.5 Å². The molecule has 3 heterocycles. The Labute approximate surface area is 343 Å². The minimum Gasteiger partial charge on any atom is -0.455 e. The van der Waals surface area contributed by atoms with Crippen molar-refractivity contribution in [2.24, 2.45) is 0 Å². The number of fused-ring (bicyclic) bond motifs is 13. The second kappa shape index (κ2) is 12.7. The molecule has 4 nitrogen and oxygen atoms in total. The molecule has 0 aliphatic heterocycles. The number of hydrogen-bond donors (Lipinski definition) is 0. The van der Waals surface area contributed by atoms with Crippen LogP contribution in [-0.2, 0) is 0 Å². The molecule has 0 spiro atoms. The molecular weight excluding hydrogens is 735 g/mol. The SMILES string of the molecule is c1ccc(N(c2ccc(-c3cccc4c3oc3ccccc34)cc2)c2cccc3oc4c5ccccc5ccc4c23)c(-c2cccc3oc4c5ccccc5ccc4c23)c1. The molecular formula is C56H33NO3. The zero-order chi connectivity index (χ0) is 39.3. The van der Waals surface area contributed by atoms with Crippen LogP contribution in [0, 0.1) is 0 Å². The van der Waals surface area contributed by atoms with Gasteiger partial charge in [0, 0.05) is 54.5 Å². The molecule has 60 heavy (non-hydrogen) atoms. The number of benzene rings is 10. The van der Waals surface area contributed by atoms with Gasteiger partial charge in [-0.1, -0.05) is 146 Å². The summed E-state index contributed by atoms with van der Waals surface area (Å²) in [7, 11) is 0. The molecule has 0 N–H and O–H groups in total. The van der Waals surface area contributed by atoms with Gasteiger partial charge in [0.25, 0.3) is 0 Å². The van der Waals surface area contributed by atoms with Crippen molar-refractivity contribution in [1.29, 1.82) is 0 Å². The van der Waals surface area contributed by atoms with E-state index in [1.54, 1.807) is 0 Å². The van der Waals surface area contributed by atoms with Crippen molar-refractivity contribution in [3.05, 3.63) is 200 Å². The van der Waals surface area contributed by atoms with E-state index in [1.165, 1.54) is 0 Å². The van der Waals surface area contributed by atoms with E-state index >= 15 is 0 Å². The standard InChI is InChI=1S/C56H33NO3/c1-3-14-38-34(12-1)28-32-45-52-43(19-10-24-50(52)59-55(38)45)41-16-5-7-21-47(41)57(48-22-11-25-51-53(48)46-33-29-35-13-2-4-15-39(35)56(46)60-51)37-30-26-36(27-31-37)40-18-9-20-44-42-17-6-8-23-49(42)58-54(40)44/h1-33H. The Hall–Kier alpha value is -8.08. The first-order chi connectivity index (χ1) is 29.8. The maximum Gasteiger partial charge on any atom is 0.143 e. The predicted octanol–water partition coefficient (Wildman–Crippen LogP) is 16.5. The lowest BCUT2D eigenvalue weighted by Gasteiger charge is -2.29. The maximum absolute atomic E-state index is 6.77. The first-order valence-electron chi connectivity index (χ1n) is 20.3. The van der Waals surface area contributed by atoms with Crippen molar-refractivity contribution in [1.82, 2.24) is 0 Å². The van der Waals surface area contributed by atoms with Crippen LogP contribution in [0.25, 0.3) is 110 Å². The summed E-state index contributed by atoms with van der Waals surface area (Å²) in [6.07, 6.45) is 0. The molecule has 0 atom stereocenters. The average Bonchev–Trinajstić information content (AvgIpc) is 4.02. The number of hydrogen-bond acceptors (Lipinski definition) is 4. The Bertz CT molecular complexity index is 3850. The second-order valence-electron chi connectivity index (χ2n) is 15.5. The summed E-state index contributed by atoms with van der Waals surface area (Å²) >= 11 is 0. The maximum atomic E-state index is 6.77. The van der Waals surface area contributed by atoms with Gasteiger partial charge in [-0.25, -0.2) is 0 Å². The predicted molar refractivity (Wildman–Crippen MR) is 249 cm³/mol. The lowest BCUT2D eigenvalue weighted by Crippen LogP contribution is -2.11. The first-order valence-corrected chi connectivity index (χ1v) is 20.3. The van der Waals surface area contributed by atoms with Gasteiger partial charge in [-0.2, -0.15) is 0 Å². The topological polar surface area (TPSA) is 42.7 Å². The molecule has 0 radical (unpaired) electrons. The van der Waals surface area contributed by atoms with Gasteiger partial charge in [0.05, 0.1) is 16.8 Å². The fourth-order valence-electron chi connectivity index (χ4n) is 9.57. The van der Waals surface area contributed by atoms with Crippen molar-refractivity contribution >= 4 is 104 Å². The van der Waals surface area contributed by atoms with Crippen LogP contribution in [0.2, 0.25) is 0 Å². The van der Waals surface area contributed by atoms with E-state index in [4.69, 9.17) is 13.3 Å². The quantitative estimate of drug-likeness (QED) is 0.175. The normalized spacial score (nSPS) is 12.0. The number of furan rings is 3. The van der Waals surface area contributed by atoms with Gasteiger partial charge in [-0.15, -0.1) is 0 Å². The summed E-state index contributed by atoms with van der Waals surface area (Å²) in [4.78, 5) is 2.39. The van der Waals surface area contributed by atoms with E-state index in [2.05, 4.69) is 193 Å². The van der Waals surface area contributed by atoms with Gasteiger partial charge in [-0.3, -0.25) is 0 Å². The Morgan fingerprint density at radius 3 is 1.57 bits per heavy atom. The average molecular weight is 768 g/mol. The van der Waals surface area contributed by atoms with Gasteiger partial charge in [0.15, 0.2) is 0 Å². The van der Waals surface area contributed by atoms with Crippen molar-refractivity contribution in [3.8, 4) is 22.3 Å². The highest BCUT2D eigenvalue weighted by Crippen LogP contribution is 2.49. The number of rotatable bonds is 5. The number of para-hydroxylation sites is 3. The van der Waals surface area contributed by atoms with Crippen molar-refractivity contribution < 1.29 is 13.3 Å². The lowest BCUT2D eigenvalue weighted by molar-refractivity contribution is 0.670. The van der Waals surface area contributed by atoms with Crippen LogP contribution in [-0.4, -0.2) is 0 Å². The largest absolute Gasteiger partial charge is 0.455 e. The lowest BCUT2D eigenvalue weighted by atomic mass is 9.95. The molecule has 280 valence electrons. The van der Waals surface area contributed by atoms with E-state index in [9.17, 15) is 0 Å². The highest BCUT2D eigenvalue weighted by molar-refractivity contribution is 6.22. The van der Waals surface area contributed by atoms with Gasteiger partial charge in [-0.05, 0) is 76.5 Å². The molecule has 0 amide bonds. The molecule has 13 aromatic rings. The molecule has 10 aromatic carbocycles.